The van der Waals surface area contributed by atoms with Gasteiger partial charge in [0.1, 0.15) is 5.82 Å². The Morgan fingerprint density at radius 1 is 1.24 bits per heavy atom. The van der Waals surface area contributed by atoms with Crippen LogP contribution in [-0.4, -0.2) is 35.7 Å². The molecule has 0 atom stereocenters. The molecule has 0 spiro atoms. The Hall–Kier alpha value is -3.42. The number of carbonyl (C=O) groups excluding carboxylic acids is 1. The van der Waals surface area contributed by atoms with Gasteiger partial charge in [0.05, 0.1) is 18.1 Å². The predicted molar refractivity (Wildman–Crippen MR) is 106 cm³/mol. The van der Waals surface area contributed by atoms with Crippen molar-refractivity contribution in [2.24, 2.45) is 0 Å². The fraction of sp³-hybridized carbons (Fsp3) is 0.238. The summed E-state index contributed by atoms with van der Waals surface area (Å²) in [7, 11) is 1.36. The third kappa shape index (κ3) is 5.10. The number of rotatable bonds is 8. The maximum Gasteiger partial charge on any atom is 0.387 e. The monoisotopic (exact) mass is 401 g/mol. The van der Waals surface area contributed by atoms with Crippen LogP contribution in [0.1, 0.15) is 11.4 Å². The van der Waals surface area contributed by atoms with Gasteiger partial charge in [-0.05, 0) is 42.8 Å². The number of imidazole rings is 1. The first-order chi connectivity index (χ1) is 14.0. The van der Waals surface area contributed by atoms with E-state index in [0.29, 0.717) is 18.7 Å². The zero-order valence-corrected chi connectivity index (χ0v) is 16.1. The second-order valence-electron chi connectivity index (χ2n) is 6.21. The first-order valence-corrected chi connectivity index (χ1v) is 8.98. The molecular formula is C21H21F2N3O3. The van der Waals surface area contributed by atoms with Gasteiger partial charge in [0.25, 0.3) is 0 Å². The lowest BCUT2D eigenvalue weighted by Crippen LogP contribution is -2.25. The first-order valence-electron chi connectivity index (χ1n) is 8.98. The minimum Gasteiger partial charge on any atom is -0.493 e. The van der Waals surface area contributed by atoms with Gasteiger partial charge in [0.15, 0.2) is 11.5 Å². The lowest BCUT2D eigenvalue weighted by molar-refractivity contribution is -0.116. The quantitative estimate of drug-likeness (QED) is 0.584. The lowest BCUT2D eigenvalue weighted by Gasteiger charge is -2.10. The summed E-state index contributed by atoms with van der Waals surface area (Å²) in [4.78, 5) is 16.6. The Morgan fingerprint density at radius 2 is 2.03 bits per heavy atom. The minimum atomic E-state index is -2.94. The second-order valence-corrected chi connectivity index (χ2v) is 6.21. The summed E-state index contributed by atoms with van der Waals surface area (Å²) in [6, 6.07) is 12.3. The molecule has 0 fully saturated rings. The van der Waals surface area contributed by atoms with Crippen molar-refractivity contribution in [2.45, 2.75) is 20.1 Å². The van der Waals surface area contributed by atoms with E-state index in [1.807, 2.05) is 35.8 Å². The van der Waals surface area contributed by atoms with Crippen molar-refractivity contribution in [1.29, 1.82) is 0 Å². The van der Waals surface area contributed by atoms with E-state index in [-0.39, 0.29) is 17.4 Å². The van der Waals surface area contributed by atoms with E-state index in [0.717, 1.165) is 16.9 Å². The van der Waals surface area contributed by atoms with Crippen molar-refractivity contribution < 1.29 is 23.0 Å². The van der Waals surface area contributed by atoms with Gasteiger partial charge in [-0.1, -0.05) is 18.2 Å². The van der Waals surface area contributed by atoms with Crippen LogP contribution in [0.4, 0.5) is 8.78 Å². The molecule has 2 aromatic carbocycles. The number of aryl methyl sites for hydroxylation is 1. The normalized spacial score (nSPS) is 11.3. The number of fused-ring (bicyclic) bond motifs is 1. The van der Waals surface area contributed by atoms with Gasteiger partial charge in [-0.2, -0.15) is 8.78 Å². The summed E-state index contributed by atoms with van der Waals surface area (Å²) >= 11 is 0. The highest BCUT2D eigenvalue weighted by atomic mass is 19.3. The number of alkyl halides is 2. The molecule has 3 rings (SSSR count). The Morgan fingerprint density at radius 3 is 2.79 bits per heavy atom. The van der Waals surface area contributed by atoms with Crippen molar-refractivity contribution in [1.82, 2.24) is 14.9 Å². The maximum absolute atomic E-state index is 12.4. The number of methoxy groups -OCH3 is 1. The first kappa shape index (κ1) is 20.3. The fourth-order valence-corrected chi connectivity index (χ4v) is 2.98. The summed E-state index contributed by atoms with van der Waals surface area (Å²) in [6.07, 6.45) is 2.95. The minimum absolute atomic E-state index is 0.0629. The van der Waals surface area contributed by atoms with E-state index < -0.39 is 6.61 Å². The number of ether oxygens (including phenoxy) is 2. The highest BCUT2D eigenvalue weighted by molar-refractivity contribution is 5.91. The standard InChI is InChI=1S/C21H21F2N3O3/c1-14-25-16-5-3-4-6-17(16)26(14)12-11-24-20(27)10-8-15-7-9-18(29-21(22)23)19(13-15)28-2/h3-10,13,21H,11-12H2,1-2H3,(H,24,27)/b10-8+. The number of nitrogens with one attached hydrogen (secondary N) is 1. The molecule has 8 heteroatoms. The number of para-hydroxylation sites is 2. The molecule has 152 valence electrons. The molecule has 0 aliphatic rings. The summed E-state index contributed by atoms with van der Waals surface area (Å²) in [5.41, 5.74) is 2.56. The number of halogens is 2. The van der Waals surface area contributed by atoms with Crippen LogP contribution in [0.5, 0.6) is 11.5 Å². The average Bonchev–Trinajstić information content (AvgIpc) is 3.02. The number of benzene rings is 2. The molecule has 0 aliphatic heterocycles. The van der Waals surface area contributed by atoms with Crippen LogP contribution in [0.25, 0.3) is 17.1 Å². The number of carbonyl (C=O) groups is 1. The Balaban J connectivity index is 1.58. The molecule has 0 aliphatic carbocycles. The van der Waals surface area contributed by atoms with Gasteiger partial charge < -0.3 is 19.4 Å². The zero-order chi connectivity index (χ0) is 20.8. The van der Waals surface area contributed by atoms with E-state index in [1.54, 1.807) is 12.1 Å². The van der Waals surface area contributed by atoms with E-state index >= 15 is 0 Å². The third-order valence-corrected chi connectivity index (χ3v) is 4.31. The average molecular weight is 401 g/mol. The molecule has 0 unspecified atom stereocenters. The predicted octanol–water partition coefficient (Wildman–Crippen LogP) is 3.78. The molecule has 0 bridgehead atoms. The molecule has 1 amide bonds. The lowest BCUT2D eigenvalue weighted by atomic mass is 10.2. The van der Waals surface area contributed by atoms with Gasteiger partial charge in [-0.15, -0.1) is 0 Å². The van der Waals surface area contributed by atoms with Gasteiger partial charge in [-0.25, -0.2) is 4.98 Å². The molecule has 1 aromatic heterocycles. The molecular weight excluding hydrogens is 380 g/mol. The van der Waals surface area contributed by atoms with Crippen molar-refractivity contribution in [3.05, 3.63) is 59.9 Å². The highest BCUT2D eigenvalue weighted by Gasteiger charge is 2.10. The number of hydrogen-bond donors (Lipinski definition) is 1. The van der Waals surface area contributed by atoms with Crippen molar-refractivity contribution in [3.63, 3.8) is 0 Å². The Kier molecular flexibility index (Phi) is 6.43. The molecule has 0 radical (unpaired) electrons. The van der Waals surface area contributed by atoms with Crippen molar-refractivity contribution >= 4 is 23.0 Å². The van der Waals surface area contributed by atoms with E-state index in [1.165, 1.54) is 25.3 Å². The Bertz CT molecular complexity index is 1030. The van der Waals surface area contributed by atoms with Gasteiger partial charge in [0.2, 0.25) is 5.91 Å². The van der Waals surface area contributed by atoms with Gasteiger partial charge >= 0.3 is 6.61 Å². The number of hydrogen-bond acceptors (Lipinski definition) is 4. The van der Waals surface area contributed by atoms with Crippen LogP contribution in [0.3, 0.4) is 0 Å². The number of amides is 1. The number of aromatic nitrogens is 2. The van der Waals surface area contributed by atoms with E-state index in [9.17, 15) is 13.6 Å². The molecule has 0 saturated heterocycles. The van der Waals surface area contributed by atoms with Gasteiger partial charge in [0, 0.05) is 19.2 Å². The van der Waals surface area contributed by atoms with Crippen LogP contribution >= 0.6 is 0 Å². The molecule has 1 heterocycles. The van der Waals surface area contributed by atoms with Crippen LogP contribution < -0.4 is 14.8 Å². The molecule has 6 nitrogen and oxygen atoms in total. The molecule has 3 aromatic rings. The summed E-state index contributed by atoms with van der Waals surface area (Å²) in [6.45, 7) is 0.0254. The Labute approximate surface area is 166 Å². The van der Waals surface area contributed by atoms with Crippen molar-refractivity contribution in [2.75, 3.05) is 13.7 Å². The zero-order valence-electron chi connectivity index (χ0n) is 16.1. The van der Waals surface area contributed by atoms with Crippen LogP contribution in [-0.2, 0) is 11.3 Å². The molecule has 29 heavy (non-hydrogen) atoms. The fourth-order valence-electron chi connectivity index (χ4n) is 2.98. The van der Waals surface area contributed by atoms with E-state index in [2.05, 4.69) is 15.0 Å². The summed E-state index contributed by atoms with van der Waals surface area (Å²) < 4.78 is 36.2. The third-order valence-electron chi connectivity index (χ3n) is 4.31. The maximum atomic E-state index is 12.4. The second kappa shape index (κ2) is 9.18. The summed E-state index contributed by atoms with van der Waals surface area (Å²) in [5.74, 6) is 0.718. The van der Waals surface area contributed by atoms with Crippen LogP contribution in [0.2, 0.25) is 0 Å². The molecule has 1 N–H and O–H groups in total. The van der Waals surface area contributed by atoms with Crippen LogP contribution in [0, 0.1) is 6.92 Å². The van der Waals surface area contributed by atoms with Crippen molar-refractivity contribution in [3.8, 4) is 11.5 Å². The van der Waals surface area contributed by atoms with Crippen LogP contribution in [0.15, 0.2) is 48.5 Å². The smallest absolute Gasteiger partial charge is 0.387 e. The van der Waals surface area contributed by atoms with E-state index in [4.69, 9.17) is 4.74 Å². The number of nitrogens with zero attached hydrogens (tertiary/aromatic N) is 2. The topological polar surface area (TPSA) is 65.4 Å². The van der Waals surface area contributed by atoms with Gasteiger partial charge in [-0.3, -0.25) is 4.79 Å². The SMILES string of the molecule is COc1cc(/C=C/C(=O)NCCn2c(C)nc3ccccc32)ccc1OC(F)F. The highest BCUT2D eigenvalue weighted by Crippen LogP contribution is 2.29. The molecule has 0 saturated carbocycles. The summed E-state index contributed by atoms with van der Waals surface area (Å²) in [5, 5.41) is 2.82. The largest absolute Gasteiger partial charge is 0.493 e.